The van der Waals surface area contributed by atoms with Crippen molar-refractivity contribution in [1.82, 2.24) is 20.2 Å². The quantitative estimate of drug-likeness (QED) is 0.860. The molecule has 1 fully saturated rings. The van der Waals surface area contributed by atoms with E-state index in [9.17, 15) is 0 Å². The predicted octanol–water partition coefficient (Wildman–Crippen LogP) is 0.938. The molecule has 2 aromatic heterocycles. The lowest BCUT2D eigenvalue weighted by molar-refractivity contribution is 0.409. The van der Waals surface area contributed by atoms with Gasteiger partial charge in [-0.3, -0.25) is 0 Å². The van der Waals surface area contributed by atoms with Crippen LogP contribution in [0.1, 0.15) is 12.8 Å². The van der Waals surface area contributed by atoms with Crippen molar-refractivity contribution in [2.75, 3.05) is 36.1 Å². The molecule has 0 spiro atoms. The Labute approximate surface area is 128 Å². The van der Waals surface area contributed by atoms with Gasteiger partial charge in [-0.1, -0.05) is 0 Å². The first-order chi connectivity index (χ1) is 10.8. The number of nitrogens with one attached hydrogen (secondary N) is 1. The molecule has 0 saturated carbocycles. The zero-order chi connectivity index (χ0) is 15.4. The molecule has 3 rings (SSSR count). The molecule has 0 radical (unpaired) electrons. The molecule has 3 N–H and O–H groups in total. The number of rotatable bonds is 4. The number of piperidine rings is 1. The van der Waals surface area contributed by atoms with Gasteiger partial charge in [0, 0.05) is 25.3 Å². The van der Waals surface area contributed by atoms with Crippen molar-refractivity contribution in [3.63, 3.8) is 0 Å². The Morgan fingerprint density at radius 2 is 2.14 bits per heavy atom. The Morgan fingerprint density at radius 1 is 1.32 bits per heavy atom. The van der Waals surface area contributed by atoms with E-state index in [-0.39, 0.29) is 0 Å². The third kappa shape index (κ3) is 3.00. The minimum atomic E-state index is 0.368. The molecule has 1 saturated heterocycles. The molecule has 0 aliphatic carbocycles. The van der Waals surface area contributed by atoms with Crippen LogP contribution >= 0.6 is 0 Å². The average molecular weight is 301 g/mol. The maximum atomic E-state index is 5.84. The fraction of sp³-hybridized carbons (Fsp3) is 0.429. The largest absolute Gasteiger partial charge is 0.490 e. The van der Waals surface area contributed by atoms with Crippen molar-refractivity contribution in [3.8, 4) is 5.75 Å². The molecule has 22 heavy (non-hydrogen) atoms. The fourth-order valence-corrected chi connectivity index (χ4v) is 2.62. The zero-order valence-corrected chi connectivity index (χ0v) is 12.4. The minimum absolute atomic E-state index is 0.368. The molecule has 0 amide bonds. The highest BCUT2D eigenvalue weighted by Crippen LogP contribution is 2.31. The van der Waals surface area contributed by atoms with E-state index in [4.69, 9.17) is 10.5 Å². The van der Waals surface area contributed by atoms with Crippen LogP contribution in [0.15, 0.2) is 24.7 Å². The first kappa shape index (κ1) is 14.3. The van der Waals surface area contributed by atoms with Gasteiger partial charge < -0.3 is 20.7 Å². The van der Waals surface area contributed by atoms with Crippen LogP contribution < -0.4 is 20.7 Å². The number of nitrogens with two attached hydrogens (primary N) is 1. The molecule has 116 valence electrons. The molecule has 0 bridgehead atoms. The summed E-state index contributed by atoms with van der Waals surface area (Å²) in [6, 6.07) is 4.17. The third-order valence-corrected chi connectivity index (χ3v) is 3.74. The lowest BCUT2D eigenvalue weighted by Crippen LogP contribution is -2.40. The standard InChI is InChI=1S/C14H19N7O/c1-22-12-13(15)16-9-17-14(12)21-7-4-10(5-8-21)19-11-3-2-6-18-20-11/h2-3,6,9-10H,4-5,7-8H2,1H3,(H,19,20)(H2,15,16,17). The van der Waals surface area contributed by atoms with E-state index >= 15 is 0 Å². The summed E-state index contributed by atoms with van der Waals surface area (Å²) in [7, 11) is 1.58. The average Bonchev–Trinajstić information content (AvgIpc) is 2.56. The lowest BCUT2D eigenvalue weighted by atomic mass is 10.0. The smallest absolute Gasteiger partial charge is 0.204 e. The topological polar surface area (TPSA) is 102 Å². The second-order valence-electron chi connectivity index (χ2n) is 5.13. The SMILES string of the molecule is COc1c(N)ncnc1N1CCC(Nc2cccnn2)CC1. The number of hydrogen-bond donors (Lipinski definition) is 2. The molecule has 1 aliphatic heterocycles. The Kier molecular flexibility index (Phi) is 4.17. The number of aromatic nitrogens is 4. The van der Waals surface area contributed by atoms with Crippen molar-refractivity contribution >= 4 is 17.5 Å². The third-order valence-electron chi connectivity index (χ3n) is 3.74. The van der Waals surface area contributed by atoms with Gasteiger partial charge in [0.25, 0.3) is 0 Å². The highest BCUT2D eigenvalue weighted by atomic mass is 16.5. The van der Waals surface area contributed by atoms with Gasteiger partial charge in [0.2, 0.25) is 5.75 Å². The molecular formula is C14H19N7O. The van der Waals surface area contributed by atoms with Crippen LogP contribution in [0.25, 0.3) is 0 Å². The van der Waals surface area contributed by atoms with E-state index in [1.165, 1.54) is 6.33 Å². The Morgan fingerprint density at radius 3 is 2.82 bits per heavy atom. The number of ether oxygens (including phenoxy) is 1. The minimum Gasteiger partial charge on any atom is -0.490 e. The summed E-state index contributed by atoms with van der Waals surface area (Å²) < 4.78 is 5.33. The first-order valence-corrected chi connectivity index (χ1v) is 7.21. The van der Waals surface area contributed by atoms with Crippen LogP contribution in [0.3, 0.4) is 0 Å². The number of nitrogen functional groups attached to an aromatic ring is 1. The fourth-order valence-electron chi connectivity index (χ4n) is 2.62. The van der Waals surface area contributed by atoms with E-state index in [1.807, 2.05) is 12.1 Å². The number of methoxy groups -OCH3 is 1. The van der Waals surface area contributed by atoms with Crippen molar-refractivity contribution in [3.05, 3.63) is 24.7 Å². The van der Waals surface area contributed by atoms with Crippen LogP contribution in [0.2, 0.25) is 0 Å². The summed E-state index contributed by atoms with van der Waals surface area (Å²) in [5.74, 6) is 2.48. The van der Waals surface area contributed by atoms with E-state index in [1.54, 1.807) is 13.3 Å². The molecule has 8 heteroatoms. The maximum Gasteiger partial charge on any atom is 0.204 e. The normalized spacial score (nSPS) is 15.6. The molecule has 0 aromatic carbocycles. The maximum absolute atomic E-state index is 5.84. The highest BCUT2D eigenvalue weighted by Gasteiger charge is 2.23. The summed E-state index contributed by atoms with van der Waals surface area (Å²) in [5.41, 5.74) is 5.84. The van der Waals surface area contributed by atoms with E-state index < -0.39 is 0 Å². The molecule has 2 aromatic rings. The van der Waals surface area contributed by atoms with E-state index in [0.717, 1.165) is 37.6 Å². The number of hydrogen-bond acceptors (Lipinski definition) is 8. The molecule has 0 unspecified atom stereocenters. The highest BCUT2D eigenvalue weighted by molar-refractivity contribution is 5.62. The van der Waals surface area contributed by atoms with Gasteiger partial charge in [-0.05, 0) is 25.0 Å². The van der Waals surface area contributed by atoms with Crippen molar-refractivity contribution in [2.45, 2.75) is 18.9 Å². The Bertz CT molecular complexity index is 614. The van der Waals surface area contributed by atoms with E-state index in [0.29, 0.717) is 17.6 Å². The van der Waals surface area contributed by atoms with Gasteiger partial charge in [-0.15, -0.1) is 5.10 Å². The van der Waals surface area contributed by atoms with Crippen LogP contribution in [0.4, 0.5) is 17.5 Å². The summed E-state index contributed by atoms with van der Waals surface area (Å²) in [4.78, 5) is 10.4. The van der Waals surface area contributed by atoms with Crippen LogP contribution in [-0.4, -0.2) is 46.4 Å². The number of nitrogens with zero attached hydrogens (tertiary/aromatic N) is 5. The molecule has 1 aliphatic rings. The second-order valence-corrected chi connectivity index (χ2v) is 5.13. The zero-order valence-electron chi connectivity index (χ0n) is 12.4. The van der Waals surface area contributed by atoms with Gasteiger partial charge in [-0.25, -0.2) is 9.97 Å². The molecule has 0 atom stereocenters. The monoisotopic (exact) mass is 301 g/mol. The van der Waals surface area contributed by atoms with Crippen LogP contribution in [0, 0.1) is 0 Å². The van der Waals surface area contributed by atoms with E-state index in [2.05, 4.69) is 30.4 Å². The van der Waals surface area contributed by atoms with Crippen LogP contribution in [-0.2, 0) is 0 Å². The summed E-state index contributed by atoms with van der Waals surface area (Å²) >= 11 is 0. The predicted molar refractivity (Wildman–Crippen MR) is 83.9 cm³/mol. The first-order valence-electron chi connectivity index (χ1n) is 7.21. The van der Waals surface area contributed by atoms with Gasteiger partial charge >= 0.3 is 0 Å². The summed E-state index contributed by atoms with van der Waals surface area (Å²) in [6.07, 6.45) is 5.09. The lowest BCUT2D eigenvalue weighted by Gasteiger charge is -2.33. The molecular weight excluding hydrogens is 282 g/mol. The second kappa shape index (κ2) is 6.42. The summed E-state index contributed by atoms with van der Waals surface area (Å²) in [5, 5.41) is 11.3. The summed E-state index contributed by atoms with van der Waals surface area (Å²) in [6.45, 7) is 1.73. The van der Waals surface area contributed by atoms with Gasteiger partial charge in [0.15, 0.2) is 11.6 Å². The molecule has 3 heterocycles. The van der Waals surface area contributed by atoms with Gasteiger partial charge in [0.1, 0.15) is 12.1 Å². The van der Waals surface area contributed by atoms with Gasteiger partial charge in [-0.2, -0.15) is 5.10 Å². The number of anilines is 3. The molecule has 8 nitrogen and oxygen atoms in total. The Balaban J connectivity index is 1.64. The Hall–Kier alpha value is -2.64. The van der Waals surface area contributed by atoms with Crippen molar-refractivity contribution in [1.29, 1.82) is 0 Å². The van der Waals surface area contributed by atoms with Crippen molar-refractivity contribution < 1.29 is 4.74 Å². The van der Waals surface area contributed by atoms with Gasteiger partial charge in [0.05, 0.1) is 7.11 Å². The van der Waals surface area contributed by atoms with Crippen LogP contribution in [0.5, 0.6) is 5.75 Å². The van der Waals surface area contributed by atoms with Crippen molar-refractivity contribution in [2.24, 2.45) is 0 Å².